The average molecular weight is 557 g/mol. The zero-order valence-electron chi connectivity index (χ0n) is 23.1. The lowest BCUT2D eigenvalue weighted by Gasteiger charge is -2.16. The van der Waals surface area contributed by atoms with E-state index >= 15 is 0 Å². The fraction of sp³-hybridized carbons (Fsp3) is 0.323. The van der Waals surface area contributed by atoms with Crippen molar-refractivity contribution in [3.8, 4) is 22.4 Å². The summed E-state index contributed by atoms with van der Waals surface area (Å²) >= 11 is 1.22. The molecule has 0 amide bonds. The second-order valence-electron chi connectivity index (χ2n) is 10.00. The molecule has 0 radical (unpaired) electrons. The maximum Gasteiger partial charge on any atom is 0.350 e. The van der Waals surface area contributed by atoms with Gasteiger partial charge in [0.05, 0.1) is 24.5 Å². The van der Waals surface area contributed by atoms with E-state index in [2.05, 4.69) is 16.0 Å². The number of aromatic nitrogens is 3. The Morgan fingerprint density at radius 2 is 1.93 bits per heavy atom. The van der Waals surface area contributed by atoms with Gasteiger partial charge in [-0.3, -0.25) is 4.79 Å². The van der Waals surface area contributed by atoms with Crippen LogP contribution in [0.15, 0.2) is 60.9 Å². The average Bonchev–Trinajstić information content (AvgIpc) is 3.56. The Bertz CT molecular complexity index is 1520. The van der Waals surface area contributed by atoms with Crippen LogP contribution >= 0.6 is 11.3 Å². The fourth-order valence-corrected chi connectivity index (χ4v) is 5.17. The predicted octanol–water partition coefficient (Wildman–Crippen LogP) is 6.05. The summed E-state index contributed by atoms with van der Waals surface area (Å²) in [5.41, 5.74) is 2.72. The summed E-state index contributed by atoms with van der Waals surface area (Å²) < 4.78 is 13.1. The minimum absolute atomic E-state index is 0.0830. The normalized spacial score (nSPS) is 11.7. The van der Waals surface area contributed by atoms with E-state index < -0.39 is 11.9 Å². The number of ketones is 1. The number of benzene rings is 2. The predicted molar refractivity (Wildman–Crippen MR) is 153 cm³/mol. The molecule has 1 unspecified atom stereocenters. The number of Topliss-reactive ketones (excluding diaryl/α,β-unsaturated/α-hetero) is 1. The van der Waals surface area contributed by atoms with Gasteiger partial charge in [0.1, 0.15) is 21.7 Å². The molecule has 4 aromatic rings. The van der Waals surface area contributed by atoms with Gasteiger partial charge in [-0.05, 0) is 49.4 Å². The first-order chi connectivity index (χ1) is 19.3. The number of hydrogen-bond donors (Lipinski definition) is 0. The summed E-state index contributed by atoms with van der Waals surface area (Å²) in [5.74, 6) is 0.281. The van der Waals surface area contributed by atoms with Crippen LogP contribution in [0.4, 0.5) is 0 Å². The Labute approximate surface area is 238 Å². The number of nitriles is 1. The van der Waals surface area contributed by atoms with Crippen molar-refractivity contribution >= 4 is 23.1 Å². The third-order valence-corrected chi connectivity index (χ3v) is 7.52. The summed E-state index contributed by atoms with van der Waals surface area (Å²) in [4.78, 5) is 35.4. The second-order valence-corrected chi connectivity index (χ2v) is 11.0. The van der Waals surface area contributed by atoms with E-state index in [1.807, 2.05) is 50.2 Å². The summed E-state index contributed by atoms with van der Waals surface area (Å²) in [7, 11) is 1.79. The van der Waals surface area contributed by atoms with Crippen molar-refractivity contribution in [3.05, 3.63) is 88.4 Å². The third kappa shape index (κ3) is 7.01. The van der Waals surface area contributed by atoms with Gasteiger partial charge in [-0.2, -0.15) is 5.26 Å². The molecule has 0 saturated carbocycles. The highest BCUT2D eigenvalue weighted by molar-refractivity contribution is 7.17. The van der Waals surface area contributed by atoms with Crippen molar-refractivity contribution in [1.82, 2.24) is 14.5 Å². The molecule has 0 fully saturated rings. The van der Waals surface area contributed by atoms with Crippen LogP contribution in [0.25, 0.3) is 10.6 Å². The van der Waals surface area contributed by atoms with E-state index in [1.54, 1.807) is 43.1 Å². The molecular formula is C31H32N4O4S. The van der Waals surface area contributed by atoms with Gasteiger partial charge in [0, 0.05) is 30.9 Å². The second kappa shape index (κ2) is 13.2. The lowest BCUT2D eigenvalue weighted by Crippen LogP contribution is -2.23. The van der Waals surface area contributed by atoms with Crippen LogP contribution in [0.2, 0.25) is 0 Å². The van der Waals surface area contributed by atoms with Crippen LogP contribution in [0.1, 0.15) is 57.4 Å². The Balaban J connectivity index is 1.44. The Morgan fingerprint density at radius 3 is 2.60 bits per heavy atom. The fourth-order valence-electron chi connectivity index (χ4n) is 4.21. The minimum Gasteiger partial charge on any atom is -0.492 e. The molecular weight excluding hydrogens is 524 g/mol. The zero-order chi connectivity index (χ0) is 28.6. The number of rotatable bonds is 12. The summed E-state index contributed by atoms with van der Waals surface area (Å²) in [6.45, 7) is 6.44. The van der Waals surface area contributed by atoms with Crippen LogP contribution in [0.3, 0.4) is 0 Å². The molecule has 0 aliphatic heterocycles. The number of esters is 1. The van der Waals surface area contributed by atoms with Crippen molar-refractivity contribution in [1.29, 1.82) is 5.26 Å². The monoisotopic (exact) mass is 556 g/mol. The third-order valence-electron chi connectivity index (χ3n) is 6.34. The van der Waals surface area contributed by atoms with E-state index in [4.69, 9.17) is 9.47 Å². The molecule has 4 rings (SSSR count). The first-order valence-electron chi connectivity index (χ1n) is 13.1. The maximum absolute atomic E-state index is 13.3. The van der Waals surface area contributed by atoms with Gasteiger partial charge in [0.2, 0.25) is 5.78 Å². The number of imidazole rings is 1. The number of carbonyl (C=O) groups is 2. The van der Waals surface area contributed by atoms with Crippen LogP contribution in [0.5, 0.6) is 5.75 Å². The van der Waals surface area contributed by atoms with E-state index in [0.29, 0.717) is 58.1 Å². The molecule has 0 spiro atoms. The van der Waals surface area contributed by atoms with Crippen LogP contribution in [0, 0.1) is 30.1 Å². The molecule has 206 valence electrons. The van der Waals surface area contributed by atoms with Crippen molar-refractivity contribution in [2.75, 3.05) is 13.2 Å². The highest BCUT2D eigenvalue weighted by atomic mass is 32.1. The first kappa shape index (κ1) is 28.7. The molecule has 40 heavy (non-hydrogen) atoms. The number of aryl methyl sites for hydroxylation is 2. The highest BCUT2D eigenvalue weighted by Gasteiger charge is 2.25. The van der Waals surface area contributed by atoms with Crippen molar-refractivity contribution < 1.29 is 19.1 Å². The van der Waals surface area contributed by atoms with Crippen molar-refractivity contribution in [2.24, 2.45) is 18.9 Å². The topological polar surface area (TPSA) is 107 Å². The zero-order valence-corrected chi connectivity index (χ0v) is 23.9. The van der Waals surface area contributed by atoms with Crippen LogP contribution < -0.4 is 4.74 Å². The molecule has 0 aliphatic carbocycles. The lowest BCUT2D eigenvalue weighted by atomic mass is 9.92. The standard InChI is InChI=1S/C31H32N4O4S/c1-20(2)19-39-26-11-10-24(17-25(26)18-32)30-34-21(3)28(40-30)31(37)38-15-12-23(16-22-8-6-5-7-9-22)27(36)29-33-13-14-35(29)4/h5-11,13-14,17,20,23H,12,15-16,19H2,1-4H3. The quantitative estimate of drug-likeness (QED) is 0.154. The van der Waals surface area contributed by atoms with Crippen molar-refractivity contribution in [2.45, 2.75) is 33.6 Å². The SMILES string of the molecule is Cc1nc(-c2ccc(OCC(C)C)c(C#N)c2)sc1C(=O)OCCC(Cc1ccccc1)C(=O)c1nccn1C. The number of ether oxygens (including phenoxy) is 2. The molecule has 1 atom stereocenters. The van der Waals surface area contributed by atoms with E-state index in [9.17, 15) is 14.9 Å². The molecule has 0 saturated heterocycles. The van der Waals surface area contributed by atoms with E-state index in [1.165, 1.54) is 11.3 Å². The van der Waals surface area contributed by atoms with Gasteiger partial charge in [-0.1, -0.05) is 44.2 Å². The van der Waals surface area contributed by atoms with E-state index in [0.717, 1.165) is 11.1 Å². The largest absolute Gasteiger partial charge is 0.492 e. The maximum atomic E-state index is 13.3. The van der Waals surface area contributed by atoms with Gasteiger partial charge >= 0.3 is 5.97 Å². The molecule has 0 N–H and O–H groups in total. The smallest absolute Gasteiger partial charge is 0.350 e. The number of carbonyl (C=O) groups excluding carboxylic acids is 2. The summed E-state index contributed by atoms with van der Waals surface area (Å²) in [6.07, 6.45) is 4.22. The van der Waals surface area contributed by atoms with Gasteiger partial charge in [0.15, 0.2) is 5.82 Å². The highest BCUT2D eigenvalue weighted by Crippen LogP contribution is 2.32. The molecule has 0 aliphatic rings. The van der Waals surface area contributed by atoms with Gasteiger partial charge in [-0.15, -0.1) is 11.3 Å². The van der Waals surface area contributed by atoms with Gasteiger partial charge in [-0.25, -0.2) is 14.8 Å². The van der Waals surface area contributed by atoms with E-state index in [-0.39, 0.29) is 12.4 Å². The lowest BCUT2D eigenvalue weighted by molar-refractivity contribution is 0.0477. The number of nitrogens with zero attached hydrogens (tertiary/aromatic N) is 4. The summed E-state index contributed by atoms with van der Waals surface area (Å²) in [5, 5.41) is 10.2. The molecule has 2 aromatic heterocycles. The Morgan fingerprint density at radius 1 is 1.15 bits per heavy atom. The molecule has 0 bridgehead atoms. The molecule has 9 heteroatoms. The Kier molecular flexibility index (Phi) is 9.46. The minimum atomic E-state index is -0.485. The van der Waals surface area contributed by atoms with Crippen molar-refractivity contribution in [3.63, 3.8) is 0 Å². The molecule has 8 nitrogen and oxygen atoms in total. The Hall–Kier alpha value is -4.29. The molecule has 2 heterocycles. The van der Waals surface area contributed by atoms with Gasteiger partial charge < -0.3 is 14.0 Å². The first-order valence-corrected chi connectivity index (χ1v) is 14.0. The number of thiazole rings is 1. The molecule has 2 aromatic carbocycles. The van der Waals surface area contributed by atoms with Crippen LogP contribution in [-0.4, -0.2) is 39.5 Å². The number of hydrogen-bond acceptors (Lipinski definition) is 8. The van der Waals surface area contributed by atoms with Gasteiger partial charge in [0.25, 0.3) is 0 Å². The van der Waals surface area contributed by atoms with Crippen LogP contribution in [-0.2, 0) is 18.2 Å². The summed E-state index contributed by atoms with van der Waals surface area (Å²) in [6, 6.07) is 17.3.